The Morgan fingerprint density at radius 1 is 1.07 bits per heavy atom. The molecule has 15 heteroatoms. The summed E-state index contributed by atoms with van der Waals surface area (Å²) in [4.78, 5) is 56.0. The van der Waals surface area contributed by atoms with Gasteiger partial charge in [-0.15, -0.1) is 11.3 Å². The van der Waals surface area contributed by atoms with Crippen LogP contribution in [0.4, 0.5) is 4.79 Å². The Balaban J connectivity index is 1.69. The molecule has 4 aromatic rings. The van der Waals surface area contributed by atoms with Crippen molar-refractivity contribution in [3.63, 3.8) is 0 Å². The number of nitrogens with zero attached hydrogens (tertiary/aromatic N) is 3. The molecule has 12 nitrogen and oxygen atoms in total. The summed E-state index contributed by atoms with van der Waals surface area (Å²) >= 11 is 14.5. The minimum Gasteiger partial charge on any atom is -0.432 e. The Bertz CT molecular complexity index is 1730. The van der Waals surface area contributed by atoms with Crippen molar-refractivity contribution in [3.05, 3.63) is 95.0 Å². The summed E-state index contributed by atoms with van der Waals surface area (Å²) in [6, 6.07) is 12.0. The van der Waals surface area contributed by atoms with Gasteiger partial charge in [-0.05, 0) is 26.0 Å². The molecule has 1 unspecified atom stereocenters. The first kappa shape index (κ1) is 31.9. The fourth-order valence-corrected chi connectivity index (χ4v) is 6.07. The van der Waals surface area contributed by atoms with E-state index >= 15 is 0 Å². The van der Waals surface area contributed by atoms with E-state index in [1.54, 1.807) is 24.3 Å². The summed E-state index contributed by atoms with van der Waals surface area (Å²) in [6.07, 6.45) is -1.32. The highest BCUT2D eigenvalue weighted by molar-refractivity contribution is 7.14. The average Bonchev–Trinajstić information content (AvgIpc) is 3.40. The molecule has 226 valence electrons. The molecule has 0 spiro atoms. The number of benzene rings is 2. The summed E-state index contributed by atoms with van der Waals surface area (Å²) in [5.74, 6) is -0.772. The van der Waals surface area contributed by atoms with Crippen molar-refractivity contribution >= 4 is 46.7 Å². The van der Waals surface area contributed by atoms with Gasteiger partial charge in [0.2, 0.25) is 6.29 Å². The molecule has 0 bridgehead atoms. The quantitative estimate of drug-likeness (QED) is 0.142. The molecule has 43 heavy (non-hydrogen) atoms. The third-order valence-electron chi connectivity index (χ3n) is 6.05. The minimum absolute atomic E-state index is 0.0222. The standard InChI is InChI=1S/C28H26Cl2N4O8S/c1-15(42-27(38)40-11-10-39-4)41-24(36)23-22(16-8-6-5-7-9-16)33-25(43-23)28(2,3)21-18(29)12-17(13-19(21)30)34-26(37)32-20(35)14-31-34/h5-9,12-15H,10-11H2,1-4H3,(H,32,35,37). The topological polar surface area (TPSA) is 152 Å². The Morgan fingerprint density at radius 3 is 2.37 bits per heavy atom. The van der Waals surface area contributed by atoms with Crippen molar-refractivity contribution in [2.45, 2.75) is 32.5 Å². The maximum Gasteiger partial charge on any atom is 0.511 e. The molecule has 2 heterocycles. The first-order chi connectivity index (χ1) is 20.4. The van der Waals surface area contributed by atoms with Crippen molar-refractivity contribution in [1.82, 2.24) is 19.7 Å². The van der Waals surface area contributed by atoms with Crippen molar-refractivity contribution < 1.29 is 28.5 Å². The summed E-state index contributed by atoms with van der Waals surface area (Å²) in [5, 5.41) is 4.71. The Kier molecular flexibility index (Phi) is 10.0. The Morgan fingerprint density at radius 2 is 1.74 bits per heavy atom. The number of rotatable bonds is 10. The van der Waals surface area contributed by atoms with Crippen LogP contribution in [0.3, 0.4) is 0 Å². The van der Waals surface area contributed by atoms with Crippen molar-refractivity contribution in [1.29, 1.82) is 0 Å². The summed E-state index contributed by atoms with van der Waals surface area (Å²) in [7, 11) is 1.46. The van der Waals surface area contributed by atoms with Crippen LogP contribution in [0.1, 0.15) is 41.0 Å². The molecule has 0 radical (unpaired) electrons. The Labute approximate surface area is 259 Å². The van der Waals surface area contributed by atoms with Gasteiger partial charge in [-0.2, -0.15) is 9.78 Å². The molecule has 2 aromatic heterocycles. The van der Waals surface area contributed by atoms with Gasteiger partial charge < -0.3 is 18.9 Å². The second kappa shape index (κ2) is 13.5. The van der Waals surface area contributed by atoms with E-state index in [0.717, 1.165) is 22.2 Å². The van der Waals surface area contributed by atoms with Crippen LogP contribution in [0, 0.1) is 0 Å². The fraction of sp³-hybridized carbons (Fsp3) is 0.286. The number of hydrogen-bond acceptors (Lipinski definition) is 11. The highest BCUT2D eigenvalue weighted by Crippen LogP contribution is 2.44. The van der Waals surface area contributed by atoms with Gasteiger partial charge in [0.15, 0.2) is 0 Å². The number of ether oxygens (including phenoxy) is 4. The van der Waals surface area contributed by atoms with Gasteiger partial charge in [-0.3, -0.25) is 9.78 Å². The van der Waals surface area contributed by atoms with Crippen LogP contribution in [0.2, 0.25) is 10.0 Å². The smallest absolute Gasteiger partial charge is 0.432 e. The predicted octanol–water partition coefficient (Wildman–Crippen LogP) is 4.98. The number of thiazole rings is 1. The van der Waals surface area contributed by atoms with E-state index in [2.05, 4.69) is 10.1 Å². The maximum atomic E-state index is 13.3. The van der Waals surface area contributed by atoms with Gasteiger partial charge >= 0.3 is 17.8 Å². The van der Waals surface area contributed by atoms with Crippen molar-refractivity contribution in [2.24, 2.45) is 0 Å². The molecule has 1 atom stereocenters. The third-order valence-corrected chi connectivity index (χ3v) is 8.00. The molecule has 0 amide bonds. The van der Waals surface area contributed by atoms with E-state index < -0.39 is 35.1 Å². The van der Waals surface area contributed by atoms with Gasteiger partial charge in [0.1, 0.15) is 22.7 Å². The van der Waals surface area contributed by atoms with Crippen LogP contribution in [-0.4, -0.2) is 58.5 Å². The van der Waals surface area contributed by atoms with E-state index in [9.17, 15) is 19.2 Å². The van der Waals surface area contributed by atoms with E-state index in [1.165, 1.54) is 26.2 Å². The molecule has 2 aromatic carbocycles. The third kappa shape index (κ3) is 7.31. The molecule has 0 aliphatic heterocycles. The van der Waals surface area contributed by atoms with Gasteiger partial charge in [0, 0.05) is 40.6 Å². The number of methoxy groups -OCH3 is 1. The maximum absolute atomic E-state index is 13.3. The number of aromatic amines is 1. The number of H-pyrrole nitrogens is 1. The largest absolute Gasteiger partial charge is 0.511 e. The lowest BCUT2D eigenvalue weighted by Crippen LogP contribution is -2.30. The number of hydrogen-bond donors (Lipinski definition) is 1. The highest BCUT2D eigenvalue weighted by atomic mass is 35.5. The van der Waals surface area contributed by atoms with Crippen molar-refractivity contribution in [2.75, 3.05) is 20.3 Å². The lowest BCUT2D eigenvalue weighted by atomic mass is 9.85. The molecule has 0 saturated carbocycles. The monoisotopic (exact) mass is 648 g/mol. The molecule has 1 N–H and O–H groups in total. The van der Waals surface area contributed by atoms with E-state index in [-0.39, 0.29) is 33.8 Å². The van der Waals surface area contributed by atoms with Gasteiger partial charge in [0.25, 0.3) is 5.56 Å². The normalized spacial score (nSPS) is 12.0. The van der Waals surface area contributed by atoms with Crippen LogP contribution < -0.4 is 11.2 Å². The second-order valence-corrected chi connectivity index (χ2v) is 11.3. The molecule has 4 rings (SSSR count). The van der Waals surface area contributed by atoms with Gasteiger partial charge in [-0.25, -0.2) is 19.4 Å². The average molecular weight is 650 g/mol. The molecule has 0 fully saturated rings. The van der Waals surface area contributed by atoms with E-state index in [1.807, 2.05) is 19.9 Å². The van der Waals surface area contributed by atoms with E-state index in [4.69, 9.17) is 47.1 Å². The number of aromatic nitrogens is 4. The van der Waals surface area contributed by atoms with Crippen LogP contribution in [0.15, 0.2) is 58.3 Å². The van der Waals surface area contributed by atoms with Crippen LogP contribution in [0.25, 0.3) is 16.9 Å². The number of carbonyl (C=O) groups excluding carboxylic acids is 2. The highest BCUT2D eigenvalue weighted by Gasteiger charge is 2.35. The van der Waals surface area contributed by atoms with Gasteiger partial charge in [0.05, 0.1) is 18.0 Å². The summed E-state index contributed by atoms with van der Waals surface area (Å²) < 4.78 is 21.0. The number of esters is 1. The zero-order chi connectivity index (χ0) is 31.3. The van der Waals surface area contributed by atoms with Crippen LogP contribution in [0.5, 0.6) is 0 Å². The Hall–Kier alpha value is -4.04. The molecule has 0 saturated heterocycles. The number of nitrogens with one attached hydrogen (secondary N) is 1. The van der Waals surface area contributed by atoms with E-state index in [0.29, 0.717) is 21.8 Å². The number of halogens is 2. The molecule has 0 aliphatic carbocycles. The van der Waals surface area contributed by atoms with Crippen molar-refractivity contribution in [3.8, 4) is 16.9 Å². The predicted molar refractivity (Wildman–Crippen MR) is 159 cm³/mol. The van der Waals surface area contributed by atoms with Crippen LogP contribution >= 0.6 is 34.5 Å². The first-order valence-corrected chi connectivity index (χ1v) is 14.3. The molecule has 0 aliphatic rings. The second-order valence-electron chi connectivity index (χ2n) is 9.51. The first-order valence-electron chi connectivity index (χ1n) is 12.7. The molecular formula is C28H26Cl2N4O8S. The SMILES string of the molecule is COCCOC(=O)OC(C)OC(=O)c1sc(C(C)(C)c2c(Cl)cc(-n3ncc(=O)[nH]c3=O)cc2Cl)nc1-c1ccccc1. The molecular weight excluding hydrogens is 623 g/mol. The number of carbonyl (C=O) groups is 2. The summed E-state index contributed by atoms with van der Waals surface area (Å²) in [6.45, 7) is 5.20. The fourth-order valence-electron chi connectivity index (χ4n) is 4.05. The van der Waals surface area contributed by atoms with Gasteiger partial charge in [-0.1, -0.05) is 53.5 Å². The summed E-state index contributed by atoms with van der Waals surface area (Å²) in [5.41, 5.74) is -0.650. The van der Waals surface area contributed by atoms with Crippen LogP contribution in [-0.2, 0) is 24.4 Å². The zero-order valence-electron chi connectivity index (χ0n) is 23.4. The zero-order valence-corrected chi connectivity index (χ0v) is 25.7. The minimum atomic E-state index is -1.26. The lowest BCUT2D eigenvalue weighted by Gasteiger charge is -2.25. The lowest BCUT2D eigenvalue weighted by molar-refractivity contribution is -0.0837.